The predicted octanol–water partition coefficient (Wildman–Crippen LogP) is 1.84. The Hall–Kier alpha value is -0.710. The number of carbonyl (C=O) groups excluding carboxylic acids is 1. The Bertz CT molecular complexity index is 306. The van der Waals surface area contributed by atoms with Crippen molar-refractivity contribution < 1.29 is 14.7 Å². The van der Waals surface area contributed by atoms with E-state index in [1.165, 1.54) is 4.90 Å². The molecular formula is C12H21NO3S. The second-order valence-electron chi connectivity index (χ2n) is 5.15. The minimum atomic E-state index is -1.06. The quantitative estimate of drug-likeness (QED) is 0.765. The minimum Gasteiger partial charge on any atom is -0.479 e. The number of rotatable bonds is 5. The molecule has 1 unspecified atom stereocenters. The van der Waals surface area contributed by atoms with E-state index >= 15 is 0 Å². The van der Waals surface area contributed by atoms with Crippen LogP contribution in [0.25, 0.3) is 0 Å². The molecule has 0 bridgehead atoms. The number of hydrogen-bond donors (Lipinski definition) is 1. The molecule has 5 heteroatoms. The Kier molecular flexibility index (Phi) is 4.47. The van der Waals surface area contributed by atoms with Crippen LogP contribution in [0.15, 0.2) is 0 Å². The maximum atomic E-state index is 11.8. The zero-order valence-electron chi connectivity index (χ0n) is 10.7. The van der Waals surface area contributed by atoms with Gasteiger partial charge >= 0.3 is 5.97 Å². The molecule has 1 atom stereocenters. The average molecular weight is 259 g/mol. The molecule has 0 radical (unpaired) electrons. The number of nitrogens with zero attached hydrogens (tertiary/aromatic N) is 1. The largest absolute Gasteiger partial charge is 0.479 e. The van der Waals surface area contributed by atoms with Crippen molar-refractivity contribution in [3.8, 4) is 0 Å². The monoisotopic (exact) mass is 259 g/mol. The van der Waals surface area contributed by atoms with Gasteiger partial charge in [0.05, 0.1) is 0 Å². The predicted molar refractivity (Wildman–Crippen MR) is 69.2 cm³/mol. The van der Waals surface area contributed by atoms with Gasteiger partial charge in [-0.15, -0.1) is 0 Å². The van der Waals surface area contributed by atoms with Crippen molar-refractivity contribution in [2.24, 2.45) is 5.41 Å². The van der Waals surface area contributed by atoms with Gasteiger partial charge in [0.15, 0.2) is 5.54 Å². The van der Waals surface area contributed by atoms with E-state index in [0.717, 1.165) is 18.6 Å². The first-order valence-corrected chi connectivity index (χ1v) is 7.11. The molecule has 0 spiro atoms. The third kappa shape index (κ3) is 2.30. The summed E-state index contributed by atoms with van der Waals surface area (Å²) in [6, 6.07) is 0. The summed E-state index contributed by atoms with van der Waals surface area (Å²) < 4.78 is 0. The highest BCUT2D eigenvalue weighted by molar-refractivity contribution is 7.99. The van der Waals surface area contributed by atoms with Crippen LogP contribution in [0.1, 0.15) is 33.6 Å². The van der Waals surface area contributed by atoms with Gasteiger partial charge in [-0.2, -0.15) is 11.8 Å². The zero-order chi connectivity index (χ0) is 13.1. The Morgan fingerprint density at radius 2 is 2.18 bits per heavy atom. The van der Waals surface area contributed by atoms with E-state index in [1.54, 1.807) is 11.8 Å². The van der Waals surface area contributed by atoms with Crippen LogP contribution in [0, 0.1) is 5.41 Å². The second-order valence-corrected chi connectivity index (χ2v) is 6.26. The molecule has 1 amide bonds. The Balaban J connectivity index is 3.18. The van der Waals surface area contributed by atoms with Crippen molar-refractivity contribution in [2.75, 3.05) is 18.1 Å². The lowest BCUT2D eigenvalue weighted by Crippen LogP contribution is -2.66. The summed E-state index contributed by atoms with van der Waals surface area (Å²) in [5.74, 6) is 0.560. The topological polar surface area (TPSA) is 57.6 Å². The molecule has 0 aromatic carbocycles. The lowest BCUT2D eigenvalue weighted by molar-refractivity contribution is -0.163. The van der Waals surface area contributed by atoms with Crippen LogP contribution in [0.2, 0.25) is 0 Å². The normalized spacial score (nSPS) is 27.5. The molecule has 4 nitrogen and oxygen atoms in total. The molecule has 1 rings (SSSR count). The van der Waals surface area contributed by atoms with E-state index in [0.29, 0.717) is 18.7 Å². The van der Waals surface area contributed by atoms with Crippen molar-refractivity contribution in [1.82, 2.24) is 4.90 Å². The lowest BCUT2D eigenvalue weighted by Gasteiger charge is -2.51. The Morgan fingerprint density at radius 3 is 2.59 bits per heavy atom. The minimum absolute atomic E-state index is 0.389. The molecule has 17 heavy (non-hydrogen) atoms. The highest BCUT2D eigenvalue weighted by Crippen LogP contribution is 2.45. The Morgan fingerprint density at radius 1 is 1.53 bits per heavy atom. The van der Waals surface area contributed by atoms with Crippen LogP contribution in [-0.4, -0.2) is 46.0 Å². The fraction of sp³-hybridized carbons (Fsp3) is 0.833. The van der Waals surface area contributed by atoms with Crippen molar-refractivity contribution >= 4 is 24.1 Å². The van der Waals surface area contributed by atoms with Crippen LogP contribution >= 0.6 is 11.8 Å². The van der Waals surface area contributed by atoms with Gasteiger partial charge in [0.2, 0.25) is 6.41 Å². The molecular weight excluding hydrogens is 238 g/mol. The maximum Gasteiger partial charge on any atom is 0.331 e. The highest BCUT2D eigenvalue weighted by Gasteiger charge is 2.56. The first kappa shape index (κ1) is 14.4. The molecule has 1 heterocycles. The molecule has 0 aromatic rings. The van der Waals surface area contributed by atoms with Gasteiger partial charge in [-0.3, -0.25) is 4.79 Å². The van der Waals surface area contributed by atoms with Gasteiger partial charge in [0.25, 0.3) is 0 Å². The van der Waals surface area contributed by atoms with Crippen molar-refractivity contribution in [3.05, 3.63) is 0 Å². The summed E-state index contributed by atoms with van der Waals surface area (Å²) >= 11 is 1.62. The standard InChI is InChI=1S/C12H21NO3S/c1-4-6-13(9-14)12(10(15)16)8-17-7-5-11(12,2)3/h9H,4-8H2,1-3H3,(H,15,16). The smallest absolute Gasteiger partial charge is 0.331 e. The number of carboxylic acids is 1. The third-order valence-electron chi connectivity index (χ3n) is 3.74. The summed E-state index contributed by atoms with van der Waals surface area (Å²) in [7, 11) is 0. The summed E-state index contributed by atoms with van der Waals surface area (Å²) in [5, 5.41) is 9.64. The van der Waals surface area contributed by atoms with Crippen LogP contribution in [0.4, 0.5) is 0 Å². The summed E-state index contributed by atoms with van der Waals surface area (Å²) in [6.07, 6.45) is 2.29. The van der Waals surface area contributed by atoms with E-state index in [-0.39, 0.29) is 5.41 Å². The fourth-order valence-corrected chi connectivity index (χ4v) is 4.24. The van der Waals surface area contributed by atoms with E-state index in [1.807, 2.05) is 20.8 Å². The number of thioether (sulfide) groups is 1. The van der Waals surface area contributed by atoms with Crippen molar-refractivity contribution in [1.29, 1.82) is 0 Å². The van der Waals surface area contributed by atoms with Crippen molar-refractivity contribution in [2.45, 2.75) is 39.2 Å². The van der Waals surface area contributed by atoms with E-state index in [9.17, 15) is 14.7 Å². The van der Waals surface area contributed by atoms with E-state index < -0.39 is 11.5 Å². The van der Waals surface area contributed by atoms with Gasteiger partial charge in [-0.1, -0.05) is 20.8 Å². The number of hydrogen-bond acceptors (Lipinski definition) is 3. The number of amides is 1. The van der Waals surface area contributed by atoms with Crippen LogP contribution in [-0.2, 0) is 9.59 Å². The van der Waals surface area contributed by atoms with Crippen LogP contribution in [0.5, 0.6) is 0 Å². The SMILES string of the molecule is CCCN(C=O)C1(C(=O)O)CSCCC1(C)C. The number of aliphatic carboxylic acids is 1. The summed E-state index contributed by atoms with van der Waals surface area (Å²) in [5.41, 5.74) is -1.45. The first-order chi connectivity index (χ1) is 7.92. The van der Waals surface area contributed by atoms with Gasteiger partial charge < -0.3 is 10.0 Å². The van der Waals surface area contributed by atoms with Gasteiger partial charge in [0.1, 0.15) is 0 Å². The molecule has 1 saturated heterocycles. The molecule has 1 N–H and O–H groups in total. The van der Waals surface area contributed by atoms with Gasteiger partial charge in [-0.25, -0.2) is 4.79 Å². The summed E-state index contributed by atoms with van der Waals surface area (Å²) in [6.45, 7) is 6.36. The van der Waals surface area contributed by atoms with Crippen LogP contribution < -0.4 is 0 Å². The fourth-order valence-electron chi connectivity index (χ4n) is 2.47. The zero-order valence-corrected chi connectivity index (χ0v) is 11.5. The second kappa shape index (κ2) is 5.29. The van der Waals surface area contributed by atoms with E-state index in [2.05, 4.69) is 0 Å². The molecule has 98 valence electrons. The van der Waals surface area contributed by atoms with Crippen molar-refractivity contribution in [3.63, 3.8) is 0 Å². The molecule has 1 fully saturated rings. The molecule has 1 aliphatic heterocycles. The van der Waals surface area contributed by atoms with E-state index in [4.69, 9.17) is 0 Å². The van der Waals surface area contributed by atoms with Crippen LogP contribution in [0.3, 0.4) is 0 Å². The summed E-state index contributed by atoms with van der Waals surface area (Å²) in [4.78, 5) is 24.5. The highest BCUT2D eigenvalue weighted by atomic mass is 32.2. The maximum absolute atomic E-state index is 11.8. The van der Waals surface area contributed by atoms with Gasteiger partial charge in [-0.05, 0) is 18.6 Å². The Labute approximate surface area is 107 Å². The average Bonchev–Trinajstić information content (AvgIpc) is 2.25. The molecule has 0 aliphatic carbocycles. The van der Waals surface area contributed by atoms with Gasteiger partial charge in [0, 0.05) is 17.7 Å². The third-order valence-corrected chi connectivity index (χ3v) is 4.85. The number of carboxylic acid groups (broad SMARTS) is 1. The molecule has 1 aliphatic rings. The number of carbonyl (C=O) groups is 2. The lowest BCUT2D eigenvalue weighted by atomic mass is 9.69. The molecule has 0 saturated carbocycles. The molecule has 0 aromatic heterocycles. The first-order valence-electron chi connectivity index (χ1n) is 5.95.